The summed E-state index contributed by atoms with van der Waals surface area (Å²) in [7, 11) is 0. The van der Waals surface area contributed by atoms with Crippen LogP contribution >= 0.6 is 34.4 Å². The normalized spacial score (nSPS) is 15.3. The zero-order chi connectivity index (χ0) is 26.2. The molecular formula is C26H31N5O3S3. The number of nitrogens with zero attached hydrogens (tertiary/aromatic N) is 3. The summed E-state index contributed by atoms with van der Waals surface area (Å²) in [6.45, 7) is 5.22. The molecule has 2 amide bonds. The summed E-state index contributed by atoms with van der Waals surface area (Å²) in [5, 5.41) is 11.1. The van der Waals surface area contributed by atoms with E-state index in [1.165, 1.54) is 22.7 Å². The molecule has 1 fully saturated rings. The van der Waals surface area contributed by atoms with Gasteiger partial charge in [-0.1, -0.05) is 13.8 Å². The molecule has 8 nitrogen and oxygen atoms in total. The minimum Gasteiger partial charge on any atom is -0.351 e. The Balaban J connectivity index is 1.38. The van der Waals surface area contributed by atoms with E-state index in [2.05, 4.69) is 29.5 Å². The first-order chi connectivity index (χ1) is 17.8. The van der Waals surface area contributed by atoms with Crippen LogP contribution in [0.2, 0.25) is 0 Å². The largest absolute Gasteiger partial charge is 0.351 e. The molecular weight excluding hydrogens is 527 g/mol. The van der Waals surface area contributed by atoms with Gasteiger partial charge in [0.05, 0.1) is 17.6 Å². The third-order valence-corrected chi connectivity index (χ3v) is 9.23. The number of hydrogen-bond acceptors (Lipinski definition) is 8. The highest BCUT2D eigenvalue weighted by Crippen LogP contribution is 2.50. The maximum atomic E-state index is 13.3. The van der Waals surface area contributed by atoms with E-state index < -0.39 is 0 Å². The number of fused-ring (bicyclic) bond motifs is 2. The van der Waals surface area contributed by atoms with Crippen LogP contribution in [0.25, 0.3) is 10.7 Å². The van der Waals surface area contributed by atoms with Crippen molar-refractivity contribution in [2.24, 2.45) is 5.92 Å². The summed E-state index contributed by atoms with van der Waals surface area (Å²) in [5.41, 5.74) is 3.04. The molecule has 1 saturated carbocycles. The van der Waals surface area contributed by atoms with Crippen LogP contribution < -0.4 is 16.2 Å². The highest BCUT2D eigenvalue weighted by molar-refractivity contribution is 7.98. The van der Waals surface area contributed by atoms with Crippen LogP contribution in [0.1, 0.15) is 76.6 Å². The molecule has 11 heteroatoms. The quantitative estimate of drug-likeness (QED) is 0.341. The Bertz CT molecular complexity index is 1390. The molecule has 2 N–H and O–H groups in total. The molecule has 37 heavy (non-hydrogen) atoms. The maximum absolute atomic E-state index is 13.3. The topological polar surface area (TPSA) is 106 Å². The van der Waals surface area contributed by atoms with E-state index in [1.54, 1.807) is 27.8 Å². The van der Waals surface area contributed by atoms with Crippen molar-refractivity contribution < 1.29 is 9.59 Å². The van der Waals surface area contributed by atoms with Gasteiger partial charge in [-0.15, -0.1) is 22.7 Å². The summed E-state index contributed by atoms with van der Waals surface area (Å²) in [4.78, 5) is 47.9. The highest BCUT2D eigenvalue weighted by Gasteiger charge is 2.53. The molecule has 1 aliphatic carbocycles. The van der Waals surface area contributed by atoms with Crippen molar-refractivity contribution in [1.29, 1.82) is 0 Å². The summed E-state index contributed by atoms with van der Waals surface area (Å²) >= 11 is 4.59. The molecule has 3 aromatic rings. The van der Waals surface area contributed by atoms with E-state index in [1.807, 2.05) is 11.6 Å². The van der Waals surface area contributed by atoms with Gasteiger partial charge in [-0.3, -0.25) is 14.4 Å². The van der Waals surface area contributed by atoms with Crippen LogP contribution in [0.15, 0.2) is 21.6 Å². The average molecular weight is 558 g/mol. The molecule has 1 aliphatic heterocycles. The summed E-state index contributed by atoms with van der Waals surface area (Å²) in [6, 6.07) is 1.65. The molecule has 1 spiro atoms. The van der Waals surface area contributed by atoms with Crippen molar-refractivity contribution in [3.63, 3.8) is 0 Å². The molecule has 0 unspecified atom stereocenters. The molecule has 0 saturated heterocycles. The number of aromatic nitrogens is 3. The molecule has 0 aromatic carbocycles. The summed E-state index contributed by atoms with van der Waals surface area (Å²) in [5.74, 6) is 1.21. The standard InChI is InChI=1S/C26H31N5O3S3/c1-15(2)5-6-19-22-16(26(7-8-26)30-24(22)34)11-21(32)31(19)12-20-28-18(14-36-20)25-29-17(13-37-25)23(33)27-9-4-10-35-3/h11,13-15H,4-10,12H2,1-3H3,(H,27,33)(H,30,34). The number of amides is 2. The number of pyridine rings is 1. The van der Waals surface area contributed by atoms with Crippen LogP contribution in [0.4, 0.5) is 0 Å². The van der Waals surface area contributed by atoms with Crippen LogP contribution in [0, 0.1) is 5.92 Å². The first-order valence-corrected chi connectivity index (χ1v) is 15.7. The van der Waals surface area contributed by atoms with Gasteiger partial charge < -0.3 is 15.2 Å². The second kappa shape index (κ2) is 10.7. The van der Waals surface area contributed by atoms with Crippen LogP contribution in [-0.2, 0) is 18.5 Å². The van der Waals surface area contributed by atoms with Crippen molar-refractivity contribution in [3.05, 3.63) is 54.7 Å². The number of nitrogens with one attached hydrogen (secondary N) is 2. The molecule has 3 aromatic heterocycles. The smallest absolute Gasteiger partial charge is 0.270 e. The Morgan fingerprint density at radius 2 is 2.05 bits per heavy atom. The van der Waals surface area contributed by atoms with E-state index in [9.17, 15) is 14.4 Å². The van der Waals surface area contributed by atoms with Crippen LogP contribution in [0.3, 0.4) is 0 Å². The van der Waals surface area contributed by atoms with E-state index in [0.717, 1.165) is 47.7 Å². The fraction of sp³-hybridized carbons (Fsp3) is 0.500. The fourth-order valence-corrected chi connectivity index (χ4v) is 6.71. The lowest BCUT2D eigenvalue weighted by Crippen LogP contribution is -2.27. The Kier molecular flexibility index (Phi) is 7.56. The van der Waals surface area contributed by atoms with E-state index in [4.69, 9.17) is 4.98 Å². The van der Waals surface area contributed by atoms with Gasteiger partial charge in [0.25, 0.3) is 17.4 Å². The SMILES string of the molecule is CSCCCNC(=O)c1csc(-c2csc(Cn3c(CCC(C)C)c4c(cc3=O)C3(CC3)NC4=O)n2)n1. The first kappa shape index (κ1) is 26.1. The number of thiazole rings is 2. The monoisotopic (exact) mass is 557 g/mol. The lowest BCUT2D eigenvalue weighted by Gasteiger charge is -2.17. The number of thioether (sulfide) groups is 1. The fourth-order valence-electron chi connectivity index (χ4n) is 4.67. The van der Waals surface area contributed by atoms with Gasteiger partial charge in [0.1, 0.15) is 21.4 Å². The molecule has 0 bridgehead atoms. The molecule has 196 valence electrons. The molecule has 0 radical (unpaired) electrons. The third-order valence-electron chi connectivity index (χ3n) is 6.83. The first-order valence-electron chi connectivity index (χ1n) is 12.6. The molecule has 4 heterocycles. The van der Waals surface area contributed by atoms with Gasteiger partial charge in [-0.2, -0.15) is 11.8 Å². The van der Waals surface area contributed by atoms with Crippen molar-refractivity contribution in [2.75, 3.05) is 18.6 Å². The minimum atomic E-state index is -0.324. The van der Waals surface area contributed by atoms with Crippen LogP contribution in [-0.4, -0.2) is 44.9 Å². The third kappa shape index (κ3) is 5.39. The van der Waals surface area contributed by atoms with Crippen LogP contribution in [0.5, 0.6) is 0 Å². The summed E-state index contributed by atoms with van der Waals surface area (Å²) in [6.07, 6.45) is 6.30. The molecule has 0 atom stereocenters. The van der Waals surface area contributed by atoms with Gasteiger partial charge in [0.2, 0.25) is 0 Å². The second-order valence-corrected chi connectivity index (χ2v) is 12.8. The zero-order valence-electron chi connectivity index (χ0n) is 21.3. The van der Waals surface area contributed by atoms with Crippen molar-refractivity contribution >= 4 is 46.2 Å². The molecule has 5 rings (SSSR count). The van der Waals surface area contributed by atoms with Gasteiger partial charge in [-0.05, 0) is 55.6 Å². The van der Waals surface area contributed by atoms with Crippen molar-refractivity contribution in [1.82, 2.24) is 25.2 Å². The summed E-state index contributed by atoms with van der Waals surface area (Å²) < 4.78 is 1.72. The van der Waals surface area contributed by atoms with Gasteiger partial charge in [-0.25, -0.2) is 9.97 Å². The van der Waals surface area contributed by atoms with Gasteiger partial charge in [0, 0.05) is 29.1 Å². The van der Waals surface area contributed by atoms with E-state index in [0.29, 0.717) is 47.4 Å². The molecule has 2 aliphatic rings. The van der Waals surface area contributed by atoms with Crippen molar-refractivity contribution in [3.8, 4) is 10.7 Å². The lowest BCUT2D eigenvalue weighted by atomic mass is 9.97. The maximum Gasteiger partial charge on any atom is 0.270 e. The van der Waals surface area contributed by atoms with E-state index >= 15 is 0 Å². The highest BCUT2D eigenvalue weighted by atomic mass is 32.2. The van der Waals surface area contributed by atoms with Gasteiger partial charge >= 0.3 is 0 Å². The Hall–Kier alpha value is -2.50. The number of carbonyl (C=O) groups excluding carboxylic acids is 2. The number of hydrogen-bond donors (Lipinski definition) is 2. The predicted molar refractivity (Wildman–Crippen MR) is 150 cm³/mol. The van der Waals surface area contributed by atoms with Crippen molar-refractivity contribution in [2.45, 2.75) is 58.0 Å². The predicted octanol–water partition coefficient (Wildman–Crippen LogP) is 4.28. The Labute approximate surface area is 228 Å². The Morgan fingerprint density at radius 3 is 2.78 bits per heavy atom. The Morgan fingerprint density at radius 1 is 1.24 bits per heavy atom. The number of rotatable bonds is 11. The van der Waals surface area contributed by atoms with Gasteiger partial charge in [0.15, 0.2) is 0 Å². The minimum absolute atomic E-state index is 0.0677. The number of carbonyl (C=O) groups is 2. The lowest BCUT2D eigenvalue weighted by molar-refractivity contribution is 0.0942. The zero-order valence-corrected chi connectivity index (χ0v) is 23.7. The average Bonchev–Trinajstić information content (AvgIpc) is 3.20. The van der Waals surface area contributed by atoms with E-state index in [-0.39, 0.29) is 22.9 Å². The second-order valence-electron chi connectivity index (χ2n) is 10.0.